The maximum absolute atomic E-state index is 13.4. The van der Waals surface area contributed by atoms with Gasteiger partial charge in [0.15, 0.2) is 0 Å². The summed E-state index contributed by atoms with van der Waals surface area (Å²) in [5.41, 5.74) is 1.41. The zero-order valence-corrected chi connectivity index (χ0v) is 13.3. The lowest BCUT2D eigenvalue weighted by Crippen LogP contribution is -2.12. The predicted octanol–water partition coefficient (Wildman–Crippen LogP) is 4.00. The fourth-order valence-electron chi connectivity index (χ4n) is 2.34. The number of ether oxygens (including phenoxy) is 1. The Morgan fingerprint density at radius 1 is 1.21 bits per heavy atom. The van der Waals surface area contributed by atoms with E-state index in [1.807, 2.05) is 0 Å². The van der Waals surface area contributed by atoms with E-state index in [9.17, 15) is 14.0 Å². The number of anilines is 1. The molecule has 0 aliphatic rings. The molecule has 3 aromatic rings. The van der Waals surface area contributed by atoms with Crippen LogP contribution in [0.5, 0.6) is 0 Å². The fraction of sp³-hybridized carbons (Fsp3) is 0.0588. The molecule has 24 heavy (non-hydrogen) atoms. The van der Waals surface area contributed by atoms with Crippen LogP contribution in [0, 0.1) is 5.82 Å². The molecule has 1 aromatic heterocycles. The van der Waals surface area contributed by atoms with Crippen molar-refractivity contribution in [1.29, 1.82) is 0 Å². The number of aromatic nitrogens is 1. The number of amides is 1. The lowest BCUT2D eigenvalue weighted by atomic mass is 10.1. The largest absolute Gasteiger partial charge is 0.465 e. The summed E-state index contributed by atoms with van der Waals surface area (Å²) in [5, 5.41) is 3.34. The molecule has 0 fully saturated rings. The van der Waals surface area contributed by atoms with Gasteiger partial charge in [-0.2, -0.15) is 0 Å². The van der Waals surface area contributed by atoms with Gasteiger partial charge in [0.1, 0.15) is 5.82 Å². The van der Waals surface area contributed by atoms with Crippen LogP contribution in [0.15, 0.2) is 42.6 Å². The first kappa shape index (κ1) is 16.0. The average Bonchev–Trinajstić information content (AvgIpc) is 2.99. The van der Waals surface area contributed by atoms with Crippen LogP contribution >= 0.6 is 11.6 Å². The van der Waals surface area contributed by atoms with Gasteiger partial charge in [-0.3, -0.25) is 4.79 Å². The molecule has 0 spiro atoms. The van der Waals surface area contributed by atoms with E-state index in [1.54, 1.807) is 6.07 Å². The Hall–Kier alpha value is -2.86. The Kier molecular flexibility index (Phi) is 4.22. The maximum atomic E-state index is 13.4. The van der Waals surface area contributed by atoms with Gasteiger partial charge in [-0.1, -0.05) is 11.6 Å². The van der Waals surface area contributed by atoms with Crippen LogP contribution in [0.2, 0.25) is 5.02 Å². The number of carbonyl (C=O) groups excluding carboxylic acids is 2. The molecule has 122 valence electrons. The van der Waals surface area contributed by atoms with E-state index in [0.717, 1.165) is 0 Å². The SMILES string of the molecule is COC(=O)c1ccc(Cl)c(NC(=O)c2c[nH]c3ccc(F)cc23)c1. The number of benzene rings is 2. The number of nitrogens with one attached hydrogen (secondary N) is 2. The summed E-state index contributed by atoms with van der Waals surface area (Å²) < 4.78 is 18.0. The van der Waals surface area contributed by atoms with Gasteiger partial charge in [0, 0.05) is 17.1 Å². The molecule has 0 aliphatic heterocycles. The zero-order valence-electron chi connectivity index (χ0n) is 12.5. The first-order valence-electron chi connectivity index (χ1n) is 6.95. The molecule has 1 heterocycles. The third-order valence-electron chi connectivity index (χ3n) is 3.52. The van der Waals surface area contributed by atoms with Gasteiger partial charge in [-0.05, 0) is 36.4 Å². The summed E-state index contributed by atoms with van der Waals surface area (Å²) in [7, 11) is 1.26. The van der Waals surface area contributed by atoms with Gasteiger partial charge in [0.25, 0.3) is 5.91 Å². The van der Waals surface area contributed by atoms with Crippen molar-refractivity contribution in [3.8, 4) is 0 Å². The number of methoxy groups -OCH3 is 1. The highest BCUT2D eigenvalue weighted by molar-refractivity contribution is 6.34. The van der Waals surface area contributed by atoms with Crippen molar-refractivity contribution in [2.75, 3.05) is 12.4 Å². The molecule has 0 bridgehead atoms. The van der Waals surface area contributed by atoms with E-state index in [0.29, 0.717) is 10.9 Å². The van der Waals surface area contributed by atoms with Crippen molar-refractivity contribution < 1.29 is 18.7 Å². The van der Waals surface area contributed by atoms with E-state index >= 15 is 0 Å². The average molecular weight is 347 g/mol. The molecule has 1 amide bonds. The second-order valence-electron chi connectivity index (χ2n) is 5.03. The highest BCUT2D eigenvalue weighted by atomic mass is 35.5. The Morgan fingerprint density at radius 3 is 2.75 bits per heavy atom. The number of fused-ring (bicyclic) bond motifs is 1. The first-order valence-corrected chi connectivity index (χ1v) is 7.33. The monoisotopic (exact) mass is 346 g/mol. The van der Waals surface area contributed by atoms with E-state index in [-0.39, 0.29) is 21.8 Å². The molecule has 2 N–H and O–H groups in total. The molecule has 0 radical (unpaired) electrons. The summed E-state index contributed by atoms with van der Waals surface area (Å²) in [6.45, 7) is 0. The molecule has 5 nitrogen and oxygen atoms in total. The highest BCUT2D eigenvalue weighted by Crippen LogP contribution is 2.26. The summed E-state index contributed by atoms with van der Waals surface area (Å²) in [4.78, 5) is 27.0. The second-order valence-corrected chi connectivity index (χ2v) is 5.44. The number of halogens is 2. The minimum absolute atomic E-state index is 0.252. The molecular formula is C17H12ClFN2O3. The van der Waals surface area contributed by atoms with Crippen LogP contribution in [0.25, 0.3) is 10.9 Å². The fourth-order valence-corrected chi connectivity index (χ4v) is 2.50. The summed E-state index contributed by atoms with van der Waals surface area (Å²) in [6, 6.07) is 8.52. The number of rotatable bonds is 3. The Labute approximate surface area is 141 Å². The van der Waals surface area contributed by atoms with Gasteiger partial charge in [0.05, 0.1) is 28.9 Å². The third kappa shape index (κ3) is 2.96. The lowest BCUT2D eigenvalue weighted by molar-refractivity contribution is 0.0600. The normalized spacial score (nSPS) is 10.6. The Bertz CT molecular complexity index is 952. The quantitative estimate of drug-likeness (QED) is 0.704. The Morgan fingerprint density at radius 2 is 2.00 bits per heavy atom. The first-order chi connectivity index (χ1) is 11.5. The number of H-pyrrole nitrogens is 1. The van der Waals surface area contributed by atoms with Crippen LogP contribution in [0.4, 0.5) is 10.1 Å². The second kappa shape index (κ2) is 6.33. The number of carbonyl (C=O) groups is 2. The van der Waals surface area contributed by atoms with Gasteiger partial charge < -0.3 is 15.0 Å². The number of aromatic amines is 1. The van der Waals surface area contributed by atoms with E-state index < -0.39 is 17.7 Å². The number of hydrogen-bond acceptors (Lipinski definition) is 3. The molecule has 0 saturated carbocycles. The van der Waals surface area contributed by atoms with Crippen molar-refractivity contribution in [3.05, 3.63) is 64.6 Å². The lowest BCUT2D eigenvalue weighted by Gasteiger charge is -2.08. The molecular weight excluding hydrogens is 335 g/mol. The van der Waals surface area contributed by atoms with Crippen molar-refractivity contribution in [3.63, 3.8) is 0 Å². The minimum atomic E-state index is -0.545. The van der Waals surface area contributed by atoms with Gasteiger partial charge in [0.2, 0.25) is 0 Å². The number of esters is 1. The van der Waals surface area contributed by atoms with Crippen LogP contribution in [0.1, 0.15) is 20.7 Å². The van der Waals surface area contributed by atoms with Crippen LogP contribution < -0.4 is 5.32 Å². The summed E-state index contributed by atoms with van der Waals surface area (Å²) >= 11 is 6.06. The van der Waals surface area contributed by atoms with Crippen molar-refractivity contribution in [2.45, 2.75) is 0 Å². The predicted molar refractivity (Wildman–Crippen MR) is 89.0 cm³/mol. The van der Waals surface area contributed by atoms with E-state index in [1.165, 1.54) is 43.6 Å². The molecule has 0 atom stereocenters. The minimum Gasteiger partial charge on any atom is -0.465 e. The topological polar surface area (TPSA) is 71.2 Å². The van der Waals surface area contributed by atoms with Gasteiger partial charge >= 0.3 is 5.97 Å². The Balaban J connectivity index is 1.94. The molecule has 0 saturated heterocycles. The summed E-state index contributed by atoms with van der Waals surface area (Å²) in [5.74, 6) is -1.46. The summed E-state index contributed by atoms with van der Waals surface area (Å²) in [6.07, 6.45) is 1.48. The molecule has 3 rings (SSSR count). The van der Waals surface area contributed by atoms with Gasteiger partial charge in [-0.15, -0.1) is 0 Å². The third-order valence-corrected chi connectivity index (χ3v) is 3.85. The maximum Gasteiger partial charge on any atom is 0.337 e. The highest BCUT2D eigenvalue weighted by Gasteiger charge is 2.16. The molecule has 7 heteroatoms. The van der Waals surface area contributed by atoms with Crippen molar-refractivity contribution in [1.82, 2.24) is 4.98 Å². The van der Waals surface area contributed by atoms with Crippen LogP contribution in [-0.4, -0.2) is 24.0 Å². The zero-order chi connectivity index (χ0) is 17.3. The van der Waals surface area contributed by atoms with Gasteiger partial charge in [-0.25, -0.2) is 9.18 Å². The number of hydrogen-bond donors (Lipinski definition) is 2. The van der Waals surface area contributed by atoms with Crippen LogP contribution in [0.3, 0.4) is 0 Å². The van der Waals surface area contributed by atoms with E-state index in [4.69, 9.17) is 11.6 Å². The smallest absolute Gasteiger partial charge is 0.337 e. The van der Waals surface area contributed by atoms with E-state index in [2.05, 4.69) is 15.0 Å². The van der Waals surface area contributed by atoms with Crippen molar-refractivity contribution in [2.24, 2.45) is 0 Å². The standard InChI is InChI=1S/C17H12ClFN2O3/c1-24-17(23)9-2-4-13(18)15(6-9)21-16(22)12-8-20-14-5-3-10(19)7-11(12)14/h2-8,20H,1H3,(H,21,22). The van der Waals surface area contributed by atoms with Crippen LogP contribution in [-0.2, 0) is 4.74 Å². The molecule has 0 unspecified atom stereocenters. The molecule has 2 aromatic carbocycles. The molecule has 0 aliphatic carbocycles. The van der Waals surface area contributed by atoms with Crippen molar-refractivity contribution >= 4 is 40.1 Å².